The highest BCUT2D eigenvalue weighted by atomic mass is 35.5. The van der Waals surface area contributed by atoms with E-state index in [-0.39, 0.29) is 11.7 Å². The lowest BCUT2D eigenvalue weighted by Crippen LogP contribution is -2.14. The first kappa shape index (κ1) is 20.5. The van der Waals surface area contributed by atoms with Crippen LogP contribution < -0.4 is 5.32 Å². The topological polar surface area (TPSA) is 64.7 Å². The molecule has 152 valence electrons. The van der Waals surface area contributed by atoms with E-state index in [1.807, 2.05) is 30.5 Å². The smallest absolute Gasteiger partial charge is 0.256 e. The molecule has 0 radical (unpaired) electrons. The number of aromatic nitrogens is 4. The number of amides is 1. The zero-order chi connectivity index (χ0) is 21.1. The monoisotopic (exact) mass is 459 g/mol. The van der Waals surface area contributed by atoms with Crippen LogP contribution in [0.2, 0.25) is 15.1 Å². The van der Waals surface area contributed by atoms with Gasteiger partial charge in [0, 0.05) is 39.8 Å². The number of anilines is 1. The highest BCUT2D eigenvalue weighted by Crippen LogP contribution is 2.27. The van der Waals surface area contributed by atoms with Gasteiger partial charge in [0.05, 0.1) is 13.1 Å². The summed E-state index contributed by atoms with van der Waals surface area (Å²) in [6, 6.07) is 14.4. The summed E-state index contributed by atoms with van der Waals surface area (Å²) in [5.74, 6) is -0.0393. The van der Waals surface area contributed by atoms with E-state index in [0.717, 1.165) is 11.1 Å². The molecule has 0 aliphatic heterocycles. The van der Waals surface area contributed by atoms with Gasteiger partial charge in [-0.1, -0.05) is 53.0 Å². The highest BCUT2D eigenvalue weighted by molar-refractivity contribution is 6.36. The van der Waals surface area contributed by atoms with Gasteiger partial charge in [0.25, 0.3) is 5.91 Å². The quantitative estimate of drug-likeness (QED) is 0.419. The molecular weight excluding hydrogens is 445 g/mol. The third-order valence-corrected chi connectivity index (χ3v) is 5.41. The number of hydrogen-bond acceptors (Lipinski definition) is 3. The van der Waals surface area contributed by atoms with Crippen molar-refractivity contribution in [2.45, 2.75) is 13.1 Å². The van der Waals surface area contributed by atoms with Crippen LogP contribution in [0.15, 0.2) is 67.1 Å². The molecule has 4 rings (SSSR count). The molecule has 1 amide bonds. The Morgan fingerprint density at radius 3 is 2.43 bits per heavy atom. The number of nitrogens with one attached hydrogen (secondary N) is 1. The molecule has 0 aliphatic rings. The fraction of sp³-hybridized carbons (Fsp3) is 0.0952. The van der Waals surface area contributed by atoms with Gasteiger partial charge < -0.3 is 5.32 Å². The van der Waals surface area contributed by atoms with E-state index in [1.165, 1.54) is 0 Å². The summed E-state index contributed by atoms with van der Waals surface area (Å²) in [6.07, 6.45) is 5.19. The van der Waals surface area contributed by atoms with Gasteiger partial charge in [-0.2, -0.15) is 10.2 Å². The second-order valence-corrected chi connectivity index (χ2v) is 7.80. The first-order chi connectivity index (χ1) is 14.5. The minimum Gasteiger partial charge on any atom is -0.304 e. The zero-order valence-electron chi connectivity index (χ0n) is 15.6. The number of halogens is 3. The van der Waals surface area contributed by atoms with Crippen molar-refractivity contribution >= 4 is 46.5 Å². The Morgan fingerprint density at radius 2 is 1.70 bits per heavy atom. The van der Waals surface area contributed by atoms with Gasteiger partial charge in [0.1, 0.15) is 5.02 Å². The zero-order valence-corrected chi connectivity index (χ0v) is 17.9. The van der Waals surface area contributed by atoms with E-state index in [4.69, 9.17) is 34.8 Å². The summed E-state index contributed by atoms with van der Waals surface area (Å²) in [6.45, 7) is 0.898. The molecule has 0 atom stereocenters. The summed E-state index contributed by atoms with van der Waals surface area (Å²) in [5, 5.41) is 12.7. The van der Waals surface area contributed by atoms with E-state index in [9.17, 15) is 4.79 Å². The molecule has 0 unspecified atom stereocenters. The Morgan fingerprint density at radius 1 is 0.933 bits per heavy atom. The largest absolute Gasteiger partial charge is 0.304 e. The lowest BCUT2D eigenvalue weighted by molar-refractivity contribution is 0.102. The van der Waals surface area contributed by atoms with E-state index >= 15 is 0 Å². The van der Waals surface area contributed by atoms with Crippen LogP contribution in [-0.4, -0.2) is 25.5 Å². The number of nitrogens with zero attached hydrogens (tertiary/aromatic N) is 4. The van der Waals surface area contributed by atoms with Gasteiger partial charge in [-0.3, -0.25) is 14.2 Å². The van der Waals surface area contributed by atoms with E-state index < -0.39 is 0 Å². The Hall–Kier alpha value is -2.80. The van der Waals surface area contributed by atoms with Crippen molar-refractivity contribution in [3.05, 3.63) is 98.9 Å². The van der Waals surface area contributed by atoms with Crippen LogP contribution in [-0.2, 0) is 13.1 Å². The Labute approximate surface area is 188 Å². The van der Waals surface area contributed by atoms with Crippen LogP contribution in [0.3, 0.4) is 0 Å². The molecule has 6 nitrogen and oxygen atoms in total. The van der Waals surface area contributed by atoms with Crippen molar-refractivity contribution in [1.29, 1.82) is 0 Å². The van der Waals surface area contributed by atoms with Gasteiger partial charge in [0.15, 0.2) is 5.82 Å². The Bertz CT molecular complexity index is 1170. The number of carbonyl (C=O) groups is 1. The molecule has 0 bridgehead atoms. The minimum absolute atomic E-state index is 0.266. The average Bonchev–Trinajstić information content (AvgIpc) is 3.35. The predicted molar refractivity (Wildman–Crippen MR) is 119 cm³/mol. The van der Waals surface area contributed by atoms with Crippen LogP contribution in [0.25, 0.3) is 0 Å². The average molecular weight is 461 g/mol. The second kappa shape index (κ2) is 8.92. The van der Waals surface area contributed by atoms with Crippen molar-refractivity contribution in [2.75, 3.05) is 5.32 Å². The third-order valence-electron chi connectivity index (χ3n) is 4.42. The Balaban J connectivity index is 1.49. The maximum Gasteiger partial charge on any atom is 0.256 e. The molecule has 0 aliphatic carbocycles. The minimum atomic E-state index is -0.305. The normalized spacial score (nSPS) is 10.9. The van der Waals surface area contributed by atoms with Crippen molar-refractivity contribution in [3.8, 4) is 0 Å². The molecule has 4 aromatic rings. The first-order valence-electron chi connectivity index (χ1n) is 9.03. The van der Waals surface area contributed by atoms with Gasteiger partial charge in [-0.05, 0) is 35.9 Å². The molecule has 9 heteroatoms. The van der Waals surface area contributed by atoms with Crippen molar-refractivity contribution in [3.63, 3.8) is 0 Å². The number of carbonyl (C=O) groups excluding carboxylic acids is 1. The summed E-state index contributed by atoms with van der Waals surface area (Å²) in [7, 11) is 0. The molecule has 2 heterocycles. The molecule has 0 fully saturated rings. The molecule has 0 saturated heterocycles. The van der Waals surface area contributed by atoms with Crippen LogP contribution >= 0.6 is 34.8 Å². The number of benzene rings is 2. The summed E-state index contributed by atoms with van der Waals surface area (Å²) < 4.78 is 3.37. The van der Waals surface area contributed by atoms with Crippen LogP contribution in [0, 0.1) is 0 Å². The summed E-state index contributed by atoms with van der Waals surface area (Å²) in [5.41, 5.74) is 2.18. The lowest BCUT2D eigenvalue weighted by Gasteiger charge is -2.07. The van der Waals surface area contributed by atoms with Crippen molar-refractivity contribution in [1.82, 2.24) is 19.6 Å². The van der Waals surface area contributed by atoms with E-state index in [0.29, 0.717) is 33.7 Å². The summed E-state index contributed by atoms with van der Waals surface area (Å²) in [4.78, 5) is 12.7. The fourth-order valence-corrected chi connectivity index (χ4v) is 3.69. The van der Waals surface area contributed by atoms with Gasteiger partial charge in [-0.25, -0.2) is 0 Å². The standard InChI is InChI=1S/C21H16Cl3N5O/c22-17-6-2-7-18(23)16(17)12-29-13-19(24)20(27-29)26-21(30)15-5-1-4-14(10-15)11-28-9-3-8-25-28/h1-10,13H,11-12H2,(H,26,27,30). The molecule has 0 saturated carbocycles. The second-order valence-electron chi connectivity index (χ2n) is 6.58. The highest BCUT2D eigenvalue weighted by Gasteiger charge is 2.14. The molecule has 2 aromatic heterocycles. The maximum absolute atomic E-state index is 12.7. The van der Waals surface area contributed by atoms with Crippen molar-refractivity contribution in [2.24, 2.45) is 0 Å². The lowest BCUT2D eigenvalue weighted by atomic mass is 10.1. The predicted octanol–water partition coefficient (Wildman–Crippen LogP) is 5.39. The Kier molecular flexibility index (Phi) is 6.08. The molecule has 2 aromatic carbocycles. The van der Waals surface area contributed by atoms with Gasteiger partial charge >= 0.3 is 0 Å². The number of rotatable bonds is 6. The van der Waals surface area contributed by atoms with E-state index in [1.54, 1.807) is 46.0 Å². The summed E-state index contributed by atoms with van der Waals surface area (Å²) >= 11 is 18.7. The first-order valence-corrected chi connectivity index (χ1v) is 10.2. The van der Waals surface area contributed by atoms with Gasteiger partial charge in [0.2, 0.25) is 0 Å². The SMILES string of the molecule is O=C(Nc1nn(Cc2c(Cl)cccc2Cl)cc1Cl)c1cccc(Cn2cccn2)c1. The number of hydrogen-bond donors (Lipinski definition) is 1. The van der Waals surface area contributed by atoms with E-state index in [2.05, 4.69) is 15.5 Å². The molecular formula is C21H16Cl3N5O. The van der Waals surface area contributed by atoms with Crippen LogP contribution in [0.5, 0.6) is 0 Å². The molecule has 0 spiro atoms. The fourth-order valence-electron chi connectivity index (χ4n) is 2.98. The third kappa shape index (κ3) is 4.67. The van der Waals surface area contributed by atoms with Crippen LogP contribution in [0.1, 0.15) is 21.5 Å². The van der Waals surface area contributed by atoms with Crippen LogP contribution in [0.4, 0.5) is 5.82 Å². The molecule has 1 N–H and O–H groups in total. The maximum atomic E-state index is 12.7. The molecule has 30 heavy (non-hydrogen) atoms. The van der Waals surface area contributed by atoms with Gasteiger partial charge in [-0.15, -0.1) is 0 Å². The van der Waals surface area contributed by atoms with Crippen molar-refractivity contribution < 1.29 is 4.79 Å².